The Labute approximate surface area is 207 Å². The quantitative estimate of drug-likeness (QED) is 0.166. The van der Waals surface area contributed by atoms with Crippen LogP contribution in [-0.4, -0.2) is 57.3 Å². The van der Waals surface area contributed by atoms with E-state index in [1.54, 1.807) is 7.11 Å². The van der Waals surface area contributed by atoms with Crippen molar-refractivity contribution < 1.29 is 4.74 Å². The molecule has 0 saturated carbocycles. The van der Waals surface area contributed by atoms with Crippen molar-refractivity contribution in [3.05, 3.63) is 52.2 Å². The summed E-state index contributed by atoms with van der Waals surface area (Å²) in [5.74, 6) is 0.876. The lowest BCUT2D eigenvalue weighted by Crippen LogP contribution is -2.42. The maximum atomic E-state index is 5.07. The van der Waals surface area contributed by atoms with Crippen LogP contribution in [0.4, 0.5) is 5.69 Å². The minimum Gasteiger partial charge on any atom is -0.383 e. The summed E-state index contributed by atoms with van der Waals surface area (Å²) in [7, 11) is 1.71. The van der Waals surface area contributed by atoms with Gasteiger partial charge >= 0.3 is 0 Å². The molecule has 0 aliphatic carbocycles. The van der Waals surface area contributed by atoms with Crippen LogP contribution in [0, 0.1) is 0 Å². The second-order valence-corrected chi connectivity index (χ2v) is 8.45. The molecule has 1 aliphatic rings. The number of thiophene rings is 1. The van der Waals surface area contributed by atoms with Gasteiger partial charge in [0.15, 0.2) is 5.96 Å². The highest BCUT2D eigenvalue weighted by atomic mass is 127. The Morgan fingerprint density at radius 1 is 1.16 bits per heavy atom. The molecule has 1 saturated heterocycles. The van der Waals surface area contributed by atoms with E-state index in [0.717, 1.165) is 31.3 Å². The van der Waals surface area contributed by atoms with Gasteiger partial charge in [0.25, 0.3) is 0 Å². The van der Waals surface area contributed by atoms with Crippen LogP contribution in [0.2, 0.25) is 0 Å². The van der Waals surface area contributed by atoms with Gasteiger partial charge in [-0.25, -0.2) is 4.99 Å². The van der Waals surface area contributed by atoms with E-state index in [0.29, 0.717) is 19.2 Å². The van der Waals surface area contributed by atoms with E-state index in [-0.39, 0.29) is 24.0 Å². The third-order valence-electron chi connectivity index (χ3n) is 5.27. The number of hydrogen-bond donors (Lipinski definition) is 3. The van der Waals surface area contributed by atoms with Gasteiger partial charge < -0.3 is 20.7 Å². The van der Waals surface area contributed by atoms with Gasteiger partial charge in [-0.2, -0.15) is 0 Å². The second-order valence-electron chi connectivity index (χ2n) is 7.47. The first-order chi connectivity index (χ1) is 14.8. The van der Waals surface area contributed by atoms with Gasteiger partial charge in [0, 0.05) is 37.3 Å². The molecular formula is C23H36IN5OS. The summed E-state index contributed by atoms with van der Waals surface area (Å²) in [6.07, 6.45) is 2.60. The van der Waals surface area contributed by atoms with Crippen molar-refractivity contribution in [3.8, 4) is 0 Å². The molecule has 0 bridgehead atoms. The van der Waals surface area contributed by atoms with Crippen molar-refractivity contribution in [2.75, 3.05) is 51.8 Å². The molecule has 1 aliphatic heterocycles. The smallest absolute Gasteiger partial charge is 0.191 e. The summed E-state index contributed by atoms with van der Waals surface area (Å²) in [6, 6.07) is 13.3. The fourth-order valence-corrected chi connectivity index (χ4v) is 4.54. The molecule has 172 valence electrons. The Bertz CT molecular complexity index is 748. The van der Waals surface area contributed by atoms with Gasteiger partial charge in [0.2, 0.25) is 0 Å². The molecule has 2 aromatic rings. The molecule has 1 aromatic carbocycles. The minimum atomic E-state index is 0. The van der Waals surface area contributed by atoms with Gasteiger partial charge in [-0.3, -0.25) is 4.90 Å². The zero-order valence-corrected chi connectivity index (χ0v) is 21.7. The lowest BCUT2D eigenvalue weighted by atomic mass is 10.2. The standard InChI is InChI=1S/C23H35N5OS.HI/c1-3-24-23(26-17-19-8-10-20(11-9-19)25-12-15-29-2)27-18-21(22-7-6-16-30-22)28-13-4-5-14-28;/h6-11,16,21,25H,3-5,12-15,17-18H2,1-2H3,(H2,24,26,27);1H. The lowest BCUT2D eigenvalue weighted by molar-refractivity contribution is 0.211. The maximum Gasteiger partial charge on any atom is 0.191 e. The second kappa shape index (κ2) is 14.7. The number of hydrogen-bond acceptors (Lipinski definition) is 5. The van der Waals surface area contributed by atoms with Crippen LogP contribution < -0.4 is 16.0 Å². The number of likely N-dealkylation sites (tertiary alicyclic amines) is 1. The normalized spacial score (nSPS) is 15.4. The molecule has 2 heterocycles. The predicted octanol–water partition coefficient (Wildman–Crippen LogP) is 4.32. The Kier molecular flexibility index (Phi) is 12.2. The largest absolute Gasteiger partial charge is 0.383 e. The van der Waals surface area contributed by atoms with Crippen molar-refractivity contribution >= 4 is 47.0 Å². The van der Waals surface area contributed by atoms with Crippen LogP contribution in [0.15, 0.2) is 46.8 Å². The molecule has 0 radical (unpaired) electrons. The number of nitrogens with zero attached hydrogens (tertiary/aromatic N) is 2. The van der Waals surface area contributed by atoms with Crippen molar-refractivity contribution in [3.63, 3.8) is 0 Å². The summed E-state index contributed by atoms with van der Waals surface area (Å²) in [4.78, 5) is 8.83. The van der Waals surface area contributed by atoms with E-state index in [2.05, 4.69) is 69.6 Å². The zero-order chi connectivity index (χ0) is 21.0. The van der Waals surface area contributed by atoms with Gasteiger partial charge in [-0.05, 0) is 62.0 Å². The van der Waals surface area contributed by atoms with Crippen LogP contribution in [0.1, 0.15) is 36.2 Å². The summed E-state index contributed by atoms with van der Waals surface area (Å²) < 4.78 is 5.07. The molecule has 31 heavy (non-hydrogen) atoms. The Morgan fingerprint density at radius 2 is 1.94 bits per heavy atom. The number of anilines is 1. The third kappa shape index (κ3) is 8.59. The molecule has 3 N–H and O–H groups in total. The number of nitrogens with one attached hydrogen (secondary N) is 3. The molecule has 0 amide bonds. The van der Waals surface area contributed by atoms with Crippen LogP contribution >= 0.6 is 35.3 Å². The highest BCUT2D eigenvalue weighted by Crippen LogP contribution is 2.27. The van der Waals surface area contributed by atoms with E-state index < -0.39 is 0 Å². The summed E-state index contributed by atoms with van der Waals surface area (Å²) in [5.41, 5.74) is 2.30. The molecule has 1 atom stereocenters. The van der Waals surface area contributed by atoms with Gasteiger partial charge in [0.05, 0.1) is 19.2 Å². The number of rotatable bonds is 11. The van der Waals surface area contributed by atoms with Gasteiger partial charge in [-0.15, -0.1) is 35.3 Å². The molecule has 6 nitrogen and oxygen atoms in total. The number of ether oxygens (including phenoxy) is 1. The van der Waals surface area contributed by atoms with E-state index in [4.69, 9.17) is 9.73 Å². The van der Waals surface area contributed by atoms with E-state index in [1.807, 2.05) is 11.3 Å². The molecule has 1 unspecified atom stereocenters. The van der Waals surface area contributed by atoms with Gasteiger partial charge in [-0.1, -0.05) is 18.2 Å². The fourth-order valence-electron chi connectivity index (χ4n) is 3.67. The number of methoxy groups -OCH3 is 1. The molecule has 1 fully saturated rings. The number of guanidine groups is 1. The summed E-state index contributed by atoms with van der Waals surface area (Å²) in [5, 5.41) is 12.5. The minimum absolute atomic E-state index is 0. The Balaban J connectivity index is 0.00000341. The van der Waals surface area contributed by atoms with Crippen molar-refractivity contribution in [1.29, 1.82) is 0 Å². The van der Waals surface area contributed by atoms with E-state index >= 15 is 0 Å². The maximum absolute atomic E-state index is 5.07. The average Bonchev–Trinajstić information content (AvgIpc) is 3.48. The highest BCUT2D eigenvalue weighted by Gasteiger charge is 2.24. The van der Waals surface area contributed by atoms with Crippen LogP contribution in [0.3, 0.4) is 0 Å². The third-order valence-corrected chi connectivity index (χ3v) is 6.24. The highest BCUT2D eigenvalue weighted by molar-refractivity contribution is 14.0. The fraction of sp³-hybridized carbons (Fsp3) is 0.522. The molecule has 8 heteroatoms. The van der Waals surface area contributed by atoms with Gasteiger partial charge in [0.1, 0.15) is 0 Å². The monoisotopic (exact) mass is 557 g/mol. The predicted molar refractivity (Wildman–Crippen MR) is 143 cm³/mol. The number of aliphatic imine (C=N–C) groups is 1. The van der Waals surface area contributed by atoms with Crippen LogP contribution in [0.5, 0.6) is 0 Å². The molecule has 1 aromatic heterocycles. The lowest BCUT2D eigenvalue weighted by Gasteiger charge is -2.27. The first kappa shape index (κ1) is 25.9. The molecule has 3 rings (SSSR count). The first-order valence-electron chi connectivity index (χ1n) is 10.9. The summed E-state index contributed by atoms with van der Waals surface area (Å²) >= 11 is 1.85. The number of benzene rings is 1. The zero-order valence-electron chi connectivity index (χ0n) is 18.6. The number of halogens is 1. The van der Waals surface area contributed by atoms with Crippen LogP contribution in [-0.2, 0) is 11.3 Å². The van der Waals surface area contributed by atoms with Crippen LogP contribution in [0.25, 0.3) is 0 Å². The van der Waals surface area contributed by atoms with Crippen molar-refractivity contribution in [1.82, 2.24) is 15.5 Å². The summed E-state index contributed by atoms with van der Waals surface area (Å²) in [6.45, 7) is 8.36. The molecule has 0 spiro atoms. The molecular weight excluding hydrogens is 521 g/mol. The Hall–Kier alpha value is -1.36. The van der Waals surface area contributed by atoms with Crippen molar-refractivity contribution in [2.24, 2.45) is 4.99 Å². The Morgan fingerprint density at radius 3 is 2.58 bits per heavy atom. The van der Waals surface area contributed by atoms with E-state index in [9.17, 15) is 0 Å². The van der Waals surface area contributed by atoms with Crippen molar-refractivity contribution in [2.45, 2.75) is 32.4 Å². The first-order valence-corrected chi connectivity index (χ1v) is 11.8. The topological polar surface area (TPSA) is 60.9 Å². The average molecular weight is 558 g/mol. The van der Waals surface area contributed by atoms with E-state index in [1.165, 1.54) is 36.4 Å². The SMILES string of the molecule is CCNC(=NCc1ccc(NCCOC)cc1)NCC(c1cccs1)N1CCCC1.I.